The first-order chi connectivity index (χ1) is 16.8. The van der Waals surface area contributed by atoms with Crippen LogP contribution in [0.15, 0.2) is 46.9 Å². The second-order valence-corrected chi connectivity index (χ2v) is 9.12. The van der Waals surface area contributed by atoms with Crippen LogP contribution >= 0.6 is 0 Å². The molecular formula is C25H30F3N3O5. The highest BCUT2D eigenvalue weighted by Gasteiger charge is 2.38. The highest BCUT2D eigenvalue weighted by atomic mass is 19.4. The molecule has 2 aromatic carbocycles. The normalized spacial score (nSPS) is 11.6. The number of carbonyl (C=O) groups is 2. The molecule has 0 aliphatic rings. The summed E-state index contributed by atoms with van der Waals surface area (Å²) in [6, 6.07) is 13.1. The summed E-state index contributed by atoms with van der Waals surface area (Å²) in [5.41, 5.74) is 5.27. The molecule has 0 saturated carbocycles. The van der Waals surface area contributed by atoms with Gasteiger partial charge in [0.05, 0.1) is 0 Å². The third-order valence-electron chi connectivity index (χ3n) is 4.85. The van der Waals surface area contributed by atoms with Crippen molar-refractivity contribution in [3.63, 3.8) is 0 Å². The summed E-state index contributed by atoms with van der Waals surface area (Å²) in [6.45, 7) is 12.1. The van der Waals surface area contributed by atoms with Crippen LogP contribution < -0.4 is 5.48 Å². The van der Waals surface area contributed by atoms with Crippen molar-refractivity contribution >= 4 is 23.0 Å². The smallest absolute Gasteiger partial charge is 0.475 e. The quantitative estimate of drug-likeness (QED) is 0.276. The number of alkyl halides is 3. The summed E-state index contributed by atoms with van der Waals surface area (Å²) >= 11 is 0. The highest BCUT2D eigenvalue weighted by molar-refractivity contribution is 5.96. The van der Waals surface area contributed by atoms with E-state index in [0.717, 1.165) is 25.2 Å². The number of halogens is 3. The summed E-state index contributed by atoms with van der Waals surface area (Å²) in [5.74, 6) is -1.56. The average molecular weight is 510 g/mol. The number of nitrogens with zero attached hydrogens (tertiary/aromatic N) is 2. The van der Waals surface area contributed by atoms with Crippen LogP contribution in [0.3, 0.4) is 0 Å². The Bertz CT molecular complexity index is 1150. The summed E-state index contributed by atoms with van der Waals surface area (Å²) in [7, 11) is 0. The highest BCUT2D eigenvalue weighted by Crippen LogP contribution is 2.25. The molecule has 8 nitrogen and oxygen atoms in total. The van der Waals surface area contributed by atoms with Crippen molar-refractivity contribution in [1.82, 2.24) is 15.4 Å². The first kappa shape index (κ1) is 28.8. The number of rotatable bonds is 8. The molecule has 196 valence electrons. The van der Waals surface area contributed by atoms with E-state index in [9.17, 15) is 18.0 Å². The molecule has 1 amide bonds. The number of carboxylic acids is 1. The van der Waals surface area contributed by atoms with Gasteiger partial charge in [-0.2, -0.15) is 13.2 Å². The summed E-state index contributed by atoms with van der Waals surface area (Å²) in [6.07, 6.45) is -5.08. The molecular weight excluding hydrogens is 479 g/mol. The molecule has 0 bridgehead atoms. The van der Waals surface area contributed by atoms with Crippen molar-refractivity contribution in [3.8, 4) is 11.5 Å². The van der Waals surface area contributed by atoms with Crippen LogP contribution in [0.4, 0.5) is 13.2 Å². The first-order valence-electron chi connectivity index (χ1n) is 11.3. The van der Waals surface area contributed by atoms with E-state index in [4.69, 9.17) is 19.5 Å². The van der Waals surface area contributed by atoms with Gasteiger partial charge in [0.2, 0.25) is 5.89 Å². The lowest BCUT2D eigenvalue weighted by molar-refractivity contribution is -0.192. The van der Waals surface area contributed by atoms with E-state index in [1.165, 1.54) is 5.56 Å². The fraction of sp³-hybridized carbons (Fsp3) is 0.400. The minimum Gasteiger partial charge on any atom is -0.475 e. The van der Waals surface area contributed by atoms with E-state index >= 15 is 0 Å². The number of fused-ring (bicyclic) bond motifs is 1. The molecule has 1 heterocycles. The molecule has 0 spiro atoms. The Kier molecular flexibility index (Phi) is 10.00. The molecule has 11 heteroatoms. The van der Waals surface area contributed by atoms with Crippen LogP contribution in [0.25, 0.3) is 22.6 Å². The van der Waals surface area contributed by atoms with Crippen molar-refractivity contribution < 1.29 is 37.5 Å². The lowest BCUT2D eigenvalue weighted by Crippen LogP contribution is -2.30. The number of oxazole rings is 1. The third kappa shape index (κ3) is 8.65. The second kappa shape index (κ2) is 12.5. The van der Waals surface area contributed by atoms with Crippen molar-refractivity contribution in [3.05, 3.63) is 53.6 Å². The number of aromatic nitrogens is 1. The SMILES string of the molecule is CC(C)CN(Cc1ccc(-c2nc3cc(C(=O)NO)ccc3o2)cc1)CC(C)C.O=C(O)C(F)(F)F. The molecule has 0 aliphatic carbocycles. The van der Waals surface area contributed by atoms with Gasteiger partial charge in [-0.3, -0.25) is 14.9 Å². The van der Waals surface area contributed by atoms with Crippen LogP contribution in [-0.4, -0.2) is 51.3 Å². The van der Waals surface area contributed by atoms with E-state index in [1.807, 2.05) is 12.1 Å². The predicted molar refractivity (Wildman–Crippen MR) is 127 cm³/mol. The van der Waals surface area contributed by atoms with Crippen molar-refractivity contribution in [2.24, 2.45) is 11.8 Å². The standard InChI is InChI=1S/C23H29N3O3.C2HF3O2/c1-15(2)12-26(13-16(3)4)14-17-5-7-18(8-6-17)23-24-20-11-19(22(27)25-28)9-10-21(20)29-23;3-2(4,5)1(6)7/h5-11,15-16,28H,12-14H2,1-4H3,(H,25,27);(H,6,7). The maximum absolute atomic E-state index is 11.6. The minimum atomic E-state index is -5.08. The van der Waals surface area contributed by atoms with Crippen LogP contribution in [-0.2, 0) is 11.3 Å². The number of nitrogens with one attached hydrogen (secondary N) is 1. The van der Waals surface area contributed by atoms with Crippen molar-refractivity contribution in [2.75, 3.05) is 13.1 Å². The van der Waals surface area contributed by atoms with E-state index in [0.29, 0.717) is 34.4 Å². The first-order valence-corrected chi connectivity index (χ1v) is 11.3. The summed E-state index contributed by atoms with van der Waals surface area (Å²) < 4.78 is 37.6. The Morgan fingerprint density at radius 1 is 1.03 bits per heavy atom. The van der Waals surface area contributed by atoms with Gasteiger partial charge in [0.25, 0.3) is 5.91 Å². The fourth-order valence-electron chi connectivity index (χ4n) is 3.50. The van der Waals surface area contributed by atoms with Gasteiger partial charge in [-0.1, -0.05) is 39.8 Å². The number of carboxylic acid groups (broad SMARTS) is 1. The van der Waals surface area contributed by atoms with Gasteiger partial charge in [-0.15, -0.1) is 0 Å². The molecule has 36 heavy (non-hydrogen) atoms. The Balaban J connectivity index is 0.000000572. The molecule has 0 atom stereocenters. The van der Waals surface area contributed by atoms with E-state index in [2.05, 4.69) is 49.7 Å². The van der Waals surface area contributed by atoms with E-state index in [1.54, 1.807) is 23.7 Å². The Hall–Kier alpha value is -3.44. The third-order valence-corrected chi connectivity index (χ3v) is 4.85. The van der Waals surface area contributed by atoms with E-state index < -0.39 is 18.1 Å². The second-order valence-electron chi connectivity index (χ2n) is 9.12. The van der Waals surface area contributed by atoms with Crippen LogP contribution in [0.1, 0.15) is 43.6 Å². The fourth-order valence-corrected chi connectivity index (χ4v) is 3.50. The maximum atomic E-state index is 11.6. The number of benzene rings is 2. The number of carbonyl (C=O) groups excluding carboxylic acids is 1. The molecule has 0 radical (unpaired) electrons. The van der Waals surface area contributed by atoms with Gasteiger partial charge >= 0.3 is 12.1 Å². The zero-order chi connectivity index (χ0) is 27.0. The molecule has 3 aromatic rings. The predicted octanol–water partition coefficient (Wildman–Crippen LogP) is 5.36. The van der Waals surface area contributed by atoms with Gasteiger partial charge in [0, 0.05) is 30.8 Å². The summed E-state index contributed by atoms with van der Waals surface area (Å²) in [5, 5.41) is 15.9. The number of hydrogen-bond acceptors (Lipinski definition) is 6. The number of hydrogen-bond donors (Lipinski definition) is 3. The number of amides is 1. The summed E-state index contributed by atoms with van der Waals surface area (Å²) in [4.78, 5) is 27.5. The topological polar surface area (TPSA) is 116 Å². The van der Waals surface area contributed by atoms with Crippen molar-refractivity contribution in [1.29, 1.82) is 0 Å². The van der Waals surface area contributed by atoms with Gasteiger partial charge in [0.15, 0.2) is 5.58 Å². The maximum Gasteiger partial charge on any atom is 0.490 e. The van der Waals surface area contributed by atoms with E-state index in [-0.39, 0.29) is 0 Å². The van der Waals surface area contributed by atoms with Crippen molar-refractivity contribution in [2.45, 2.75) is 40.4 Å². The zero-order valence-corrected chi connectivity index (χ0v) is 20.5. The zero-order valence-electron chi connectivity index (χ0n) is 20.5. The largest absolute Gasteiger partial charge is 0.490 e. The van der Waals surface area contributed by atoms with Crippen LogP contribution in [0, 0.1) is 11.8 Å². The number of aliphatic carboxylic acids is 1. The Morgan fingerprint density at radius 3 is 2.06 bits per heavy atom. The van der Waals surface area contributed by atoms with Gasteiger partial charge < -0.3 is 9.52 Å². The monoisotopic (exact) mass is 509 g/mol. The Morgan fingerprint density at radius 2 is 1.58 bits per heavy atom. The average Bonchev–Trinajstić information content (AvgIpc) is 3.21. The molecule has 1 aromatic heterocycles. The van der Waals surface area contributed by atoms with Crippen LogP contribution in [0.2, 0.25) is 0 Å². The molecule has 0 fully saturated rings. The lowest BCUT2D eigenvalue weighted by atomic mass is 10.1. The molecule has 3 N–H and O–H groups in total. The molecule has 0 unspecified atom stereocenters. The Labute approximate surface area is 206 Å². The molecule has 0 saturated heterocycles. The molecule has 3 rings (SSSR count). The van der Waals surface area contributed by atoms with Gasteiger partial charge in [-0.05, 0) is 47.7 Å². The van der Waals surface area contributed by atoms with Crippen LogP contribution in [0.5, 0.6) is 0 Å². The molecule has 0 aliphatic heterocycles. The number of hydroxylamine groups is 1. The van der Waals surface area contributed by atoms with Gasteiger partial charge in [-0.25, -0.2) is 15.3 Å². The van der Waals surface area contributed by atoms with Gasteiger partial charge in [0.1, 0.15) is 5.52 Å². The minimum absolute atomic E-state index is 0.325. The lowest BCUT2D eigenvalue weighted by Gasteiger charge is -2.26.